The molecule has 0 bridgehead atoms. The second-order valence-corrected chi connectivity index (χ2v) is 5.57. The van der Waals surface area contributed by atoms with Gasteiger partial charge >= 0.3 is 11.8 Å². The zero-order valence-corrected chi connectivity index (χ0v) is 13.6. The number of anilines is 1. The number of rotatable bonds is 5. The Morgan fingerprint density at radius 3 is 2.44 bits per heavy atom. The lowest BCUT2D eigenvalue weighted by Crippen LogP contribution is -2.36. The average molecular weight is 337 g/mol. The fraction of sp³-hybridized carbons (Fsp3) is 0.158. The highest BCUT2D eigenvalue weighted by molar-refractivity contribution is 6.40. The number of carbonyl (C=O) groups excluding carboxylic acids is 2. The van der Waals surface area contributed by atoms with Gasteiger partial charge in [-0.2, -0.15) is 0 Å². The molecule has 3 aromatic rings. The molecule has 0 aliphatic heterocycles. The zero-order valence-electron chi connectivity index (χ0n) is 13.6. The molecule has 1 aromatic heterocycles. The molecule has 25 heavy (non-hydrogen) atoms. The number of hydrogen-bond donors (Lipinski definition) is 4. The van der Waals surface area contributed by atoms with Crippen molar-refractivity contribution in [2.75, 3.05) is 18.5 Å². The summed E-state index contributed by atoms with van der Waals surface area (Å²) in [6.07, 6.45) is 0.404. The average Bonchev–Trinajstić information content (AvgIpc) is 3.01. The van der Waals surface area contributed by atoms with Crippen molar-refractivity contribution >= 4 is 28.4 Å². The van der Waals surface area contributed by atoms with Crippen molar-refractivity contribution in [1.82, 2.24) is 10.3 Å². The van der Waals surface area contributed by atoms with Crippen LogP contribution in [0.25, 0.3) is 22.2 Å². The van der Waals surface area contributed by atoms with E-state index in [1.165, 1.54) is 0 Å². The van der Waals surface area contributed by atoms with Crippen LogP contribution in [0, 0.1) is 0 Å². The van der Waals surface area contributed by atoms with E-state index < -0.39 is 11.8 Å². The van der Waals surface area contributed by atoms with Crippen molar-refractivity contribution in [3.8, 4) is 11.3 Å². The summed E-state index contributed by atoms with van der Waals surface area (Å²) in [7, 11) is 0. The molecule has 3 rings (SSSR count). The maximum absolute atomic E-state index is 12.2. The van der Waals surface area contributed by atoms with Gasteiger partial charge in [-0.1, -0.05) is 48.5 Å². The molecule has 0 radical (unpaired) electrons. The van der Waals surface area contributed by atoms with Gasteiger partial charge in [-0.3, -0.25) is 9.59 Å². The first-order valence-corrected chi connectivity index (χ1v) is 8.07. The van der Waals surface area contributed by atoms with Crippen LogP contribution in [0.1, 0.15) is 6.42 Å². The van der Waals surface area contributed by atoms with Gasteiger partial charge in [0.05, 0.1) is 11.4 Å². The molecule has 0 aliphatic rings. The number of aliphatic hydroxyl groups excluding tert-OH is 1. The van der Waals surface area contributed by atoms with Gasteiger partial charge in [-0.05, 0) is 12.5 Å². The molecule has 0 spiro atoms. The molecule has 0 saturated heterocycles. The fourth-order valence-corrected chi connectivity index (χ4v) is 2.62. The highest BCUT2D eigenvalue weighted by Gasteiger charge is 2.19. The van der Waals surface area contributed by atoms with E-state index in [-0.39, 0.29) is 13.2 Å². The number of para-hydroxylation sites is 1. The predicted molar refractivity (Wildman–Crippen MR) is 97.1 cm³/mol. The van der Waals surface area contributed by atoms with E-state index in [0.29, 0.717) is 12.1 Å². The zero-order chi connectivity index (χ0) is 17.6. The van der Waals surface area contributed by atoms with Crippen molar-refractivity contribution in [3.05, 3.63) is 54.6 Å². The van der Waals surface area contributed by atoms with E-state index >= 15 is 0 Å². The fourth-order valence-electron chi connectivity index (χ4n) is 2.62. The highest BCUT2D eigenvalue weighted by atomic mass is 16.3. The molecule has 0 atom stereocenters. The Bertz CT molecular complexity index is 887. The first-order chi connectivity index (χ1) is 12.2. The number of carbonyl (C=O) groups is 2. The number of hydrogen-bond acceptors (Lipinski definition) is 3. The van der Waals surface area contributed by atoms with Crippen molar-refractivity contribution in [1.29, 1.82) is 0 Å². The predicted octanol–water partition coefficient (Wildman–Crippen LogP) is 2.27. The van der Waals surface area contributed by atoms with E-state index in [0.717, 1.165) is 22.2 Å². The lowest BCUT2D eigenvalue weighted by Gasteiger charge is -2.08. The quantitative estimate of drug-likeness (QED) is 0.425. The Labute approximate surface area is 144 Å². The number of aromatic nitrogens is 1. The van der Waals surface area contributed by atoms with Crippen LogP contribution in [0.15, 0.2) is 54.6 Å². The molecule has 6 heteroatoms. The SMILES string of the molecule is O=C(NCCCO)C(=O)Nc1c(-c2ccccc2)[nH]c2ccccc12. The normalized spacial score (nSPS) is 10.6. The van der Waals surface area contributed by atoms with Crippen LogP contribution in [0.4, 0.5) is 5.69 Å². The van der Waals surface area contributed by atoms with Crippen molar-refractivity contribution in [2.24, 2.45) is 0 Å². The van der Waals surface area contributed by atoms with Crippen LogP contribution in [-0.4, -0.2) is 35.1 Å². The number of aliphatic hydroxyl groups is 1. The standard InChI is InChI=1S/C19H19N3O3/c23-12-6-11-20-18(24)19(25)22-17-14-9-4-5-10-15(14)21-16(17)13-7-2-1-3-8-13/h1-5,7-10,21,23H,6,11-12H2,(H,20,24)(H,22,25). The molecule has 0 fully saturated rings. The third-order valence-electron chi connectivity index (χ3n) is 3.83. The molecule has 6 nitrogen and oxygen atoms in total. The Balaban J connectivity index is 1.92. The Hall–Kier alpha value is -3.12. The van der Waals surface area contributed by atoms with E-state index in [1.807, 2.05) is 54.6 Å². The maximum atomic E-state index is 12.2. The van der Waals surface area contributed by atoms with Gasteiger partial charge < -0.3 is 20.7 Å². The van der Waals surface area contributed by atoms with Crippen LogP contribution < -0.4 is 10.6 Å². The number of benzene rings is 2. The van der Waals surface area contributed by atoms with E-state index in [2.05, 4.69) is 15.6 Å². The smallest absolute Gasteiger partial charge is 0.313 e. The minimum absolute atomic E-state index is 0.0392. The first-order valence-electron chi connectivity index (χ1n) is 8.07. The molecule has 1 heterocycles. The number of aromatic amines is 1. The summed E-state index contributed by atoms with van der Waals surface area (Å²) < 4.78 is 0. The van der Waals surface area contributed by atoms with Gasteiger partial charge in [-0.15, -0.1) is 0 Å². The summed E-state index contributed by atoms with van der Waals surface area (Å²) in [6, 6.07) is 17.2. The van der Waals surface area contributed by atoms with Crippen molar-refractivity contribution in [3.63, 3.8) is 0 Å². The van der Waals surface area contributed by atoms with Crippen LogP contribution >= 0.6 is 0 Å². The molecule has 4 N–H and O–H groups in total. The highest BCUT2D eigenvalue weighted by Crippen LogP contribution is 2.34. The summed E-state index contributed by atoms with van der Waals surface area (Å²) in [5, 5.41) is 14.8. The number of nitrogens with one attached hydrogen (secondary N) is 3. The van der Waals surface area contributed by atoms with Gasteiger partial charge in [0.2, 0.25) is 0 Å². The summed E-state index contributed by atoms with van der Waals surface area (Å²) >= 11 is 0. The van der Waals surface area contributed by atoms with Crippen LogP contribution in [0.3, 0.4) is 0 Å². The Morgan fingerprint density at radius 1 is 0.960 bits per heavy atom. The van der Waals surface area contributed by atoms with Crippen molar-refractivity contribution < 1.29 is 14.7 Å². The first kappa shape index (κ1) is 16.7. The molecule has 2 amide bonds. The monoisotopic (exact) mass is 337 g/mol. The topological polar surface area (TPSA) is 94.2 Å². The van der Waals surface area contributed by atoms with Gasteiger partial charge in [0.1, 0.15) is 0 Å². The number of fused-ring (bicyclic) bond motifs is 1. The largest absolute Gasteiger partial charge is 0.396 e. The Kier molecular flexibility index (Phi) is 5.11. The third-order valence-corrected chi connectivity index (χ3v) is 3.83. The molecule has 0 saturated carbocycles. The molecule has 128 valence electrons. The molecule has 0 aliphatic carbocycles. The Morgan fingerprint density at radius 2 is 1.68 bits per heavy atom. The molecular formula is C19H19N3O3. The summed E-state index contributed by atoms with van der Waals surface area (Å²) in [5.41, 5.74) is 3.11. The van der Waals surface area contributed by atoms with Crippen LogP contribution in [0.5, 0.6) is 0 Å². The second kappa shape index (κ2) is 7.63. The molecule has 0 unspecified atom stereocenters. The number of H-pyrrole nitrogens is 1. The van der Waals surface area contributed by atoms with Gasteiger partial charge in [0, 0.05) is 29.6 Å². The molecule has 2 aromatic carbocycles. The minimum atomic E-state index is -0.736. The number of amides is 2. The van der Waals surface area contributed by atoms with Gasteiger partial charge in [0.25, 0.3) is 0 Å². The van der Waals surface area contributed by atoms with Gasteiger partial charge in [0.15, 0.2) is 0 Å². The third kappa shape index (κ3) is 3.70. The van der Waals surface area contributed by atoms with Crippen LogP contribution in [-0.2, 0) is 9.59 Å². The van der Waals surface area contributed by atoms with Crippen molar-refractivity contribution in [2.45, 2.75) is 6.42 Å². The lowest BCUT2D eigenvalue weighted by atomic mass is 10.1. The van der Waals surface area contributed by atoms with E-state index in [4.69, 9.17) is 5.11 Å². The van der Waals surface area contributed by atoms with Crippen LogP contribution in [0.2, 0.25) is 0 Å². The minimum Gasteiger partial charge on any atom is -0.396 e. The molecular weight excluding hydrogens is 318 g/mol. The summed E-state index contributed by atoms with van der Waals surface area (Å²) in [6.45, 7) is 0.213. The lowest BCUT2D eigenvalue weighted by molar-refractivity contribution is -0.136. The second-order valence-electron chi connectivity index (χ2n) is 5.57. The summed E-state index contributed by atoms with van der Waals surface area (Å²) in [5.74, 6) is -1.46. The van der Waals surface area contributed by atoms with E-state index in [9.17, 15) is 9.59 Å². The van der Waals surface area contributed by atoms with Gasteiger partial charge in [-0.25, -0.2) is 0 Å². The maximum Gasteiger partial charge on any atom is 0.313 e. The summed E-state index contributed by atoms with van der Waals surface area (Å²) in [4.78, 5) is 27.4. The van der Waals surface area contributed by atoms with E-state index in [1.54, 1.807) is 0 Å².